The topological polar surface area (TPSA) is 61.8 Å². The van der Waals surface area contributed by atoms with E-state index >= 15 is 0 Å². The zero-order valence-corrected chi connectivity index (χ0v) is 15.4. The van der Waals surface area contributed by atoms with Gasteiger partial charge in [0, 0.05) is 25.6 Å². The highest BCUT2D eigenvalue weighted by Gasteiger charge is 2.38. The molecule has 26 heavy (non-hydrogen) atoms. The molecule has 2 aromatic rings. The summed E-state index contributed by atoms with van der Waals surface area (Å²) in [7, 11) is 3.27. The van der Waals surface area contributed by atoms with Gasteiger partial charge in [0.1, 0.15) is 0 Å². The number of phenols is 1. The molecule has 2 N–H and O–H groups in total. The number of hydrogen-bond acceptors (Lipinski definition) is 3. The average molecular weight is 354 g/mol. The fourth-order valence-electron chi connectivity index (χ4n) is 3.52. The van der Waals surface area contributed by atoms with E-state index in [1.54, 1.807) is 24.1 Å². The molecule has 0 aliphatic heterocycles. The predicted octanol–water partition coefficient (Wildman–Crippen LogP) is 3.66. The van der Waals surface area contributed by atoms with Crippen LogP contribution in [0.25, 0.3) is 0 Å². The lowest BCUT2D eigenvalue weighted by molar-refractivity contribution is 0.190. The quantitative estimate of drug-likeness (QED) is 0.832. The van der Waals surface area contributed by atoms with Gasteiger partial charge in [-0.25, -0.2) is 4.79 Å². The van der Waals surface area contributed by atoms with Gasteiger partial charge in [-0.3, -0.25) is 0 Å². The lowest BCUT2D eigenvalue weighted by Gasteiger charge is -2.43. The van der Waals surface area contributed by atoms with Gasteiger partial charge in [0.05, 0.1) is 7.11 Å². The van der Waals surface area contributed by atoms with Gasteiger partial charge in [0.2, 0.25) is 0 Å². The maximum Gasteiger partial charge on any atom is 0.317 e. The Morgan fingerprint density at radius 2 is 1.96 bits per heavy atom. The van der Waals surface area contributed by atoms with E-state index in [1.807, 2.05) is 12.1 Å². The monoisotopic (exact) mass is 354 g/mol. The molecule has 0 atom stereocenters. The molecule has 1 aliphatic carbocycles. The summed E-state index contributed by atoms with van der Waals surface area (Å²) in [5, 5.41) is 13.0. The zero-order chi connectivity index (χ0) is 18.6. The van der Waals surface area contributed by atoms with Gasteiger partial charge in [0.15, 0.2) is 11.5 Å². The highest BCUT2D eigenvalue weighted by atomic mass is 16.5. The minimum Gasteiger partial charge on any atom is -0.504 e. The van der Waals surface area contributed by atoms with Gasteiger partial charge in [-0.05, 0) is 36.1 Å². The molecule has 1 fully saturated rings. The molecule has 5 nitrogen and oxygen atoms in total. The van der Waals surface area contributed by atoms with Crippen molar-refractivity contribution in [1.82, 2.24) is 10.2 Å². The Morgan fingerprint density at radius 1 is 1.23 bits per heavy atom. The average Bonchev–Trinajstić information content (AvgIpc) is 2.61. The smallest absolute Gasteiger partial charge is 0.317 e. The minimum atomic E-state index is -0.109. The van der Waals surface area contributed by atoms with Crippen molar-refractivity contribution in [1.29, 1.82) is 0 Å². The summed E-state index contributed by atoms with van der Waals surface area (Å²) in [6, 6.07) is 15.5. The van der Waals surface area contributed by atoms with Gasteiger partial charge in [-0.1, -0.05) is 42.8 Å². The van der Waals surface area contributed by atoms with E-state index in [4.69, 9.17) is 4.74 Å². The molecule has 5 heteroatoms. The lowest BCUT2D eigenvalue weighted by Crippen LogP contribution is -2.48. The second-order valence-corrected chi connectivity index (χ2v) is 7.02. The van der Waals surface area contributed by atoms with Crippen LogP contribution in [0.5, 0.6) is 11.5 Å². The fraction of sp³-hybridized carbons (Fsp3) is 0.381. The first-order valence-electron chi connectivity index (χ1n) is 8.94. The van der Waals surface area contributed by atoms with Crippen LogP contribution in [-0.4, -0.2) is 36.7 Å². The van der Waals surface area contributed by atoms with Crippen molar-refractivity contribution in [3.05, 3.63) is 59.7 Å². The lowest BCUT2D eigenvalue weighted by atomic mass is 9.64. The van der Waals surface area contributed by atoms with Crippen molar-refractivity contribution < 1.29 is 14.6 Å². The highest BCUT2D eigenvalue weighted by Crippen LogP contribution is 2.43. The van der Waals surface area contributed by atoms with E-state index in [9.17, 15) is 9.90 Å². The van der Waals surface area contributed by atoms with Gasteiger partial charge in [-0.2, -0.15) is 0 Å². The van der Waals surface area contributed by atoms with Gasteiger partial charge >= 0.3 is 6.03 Å². The van der Waals surface area contributed by atoms with Crippen LogP contribution in [0, 0.1) is 0 Å². The number of phenolic OH excluding ortho intramolecular Hbond substituents is 1. The number of carbonyl (C=O) groups is 1. The number of nitrogens with one attached hydrogen (secondary N) is 1. The Balaban J connectivity index is 1.58. The molecule has 1 aliphatic rings. The first-order valence-corrected chi connectivity index (χ1v) is 8.94. The van der Waals surface area contributed by atoms with E-state index in [2.05, 4.69) is 29.6 Å². The molecule has 2 amide bonds. The van der Waals surface area contributed by atoms with E-state index < -0.39 is 0 Å². The second kappa shape index (κ2) is 7.68. The summed E-state index contributed by atoms with van der Waals surface area (Å²) in [5.74, 6) is 0.506. The molecule has 0 unspecified atom stereocenters. The minimum absolute atomic E-state index is 0.0656. The summed E-state index contributed by atoms with van der Waals surface area (Å²) < 4.78 is 5.05. The van der Waals surface area contributed by atoms with Crippen molar-refractivity contribution in [2.24, 2.45) is 0 Å². The Hall–Kier alpha value is -2.69. The van der Waals surface area contributed by atoms with E-state index in [0.717, 1.165) is 18.4 Å². The maximum atomic E-state index is 12.5. The summed E-state index contributed by atoms with van der Waals surface area (Å²) in [6.07, 6.45) is 3.41. The van der Waals surface area contributed by atoms with Crippen molar-refractivity contribution in [2.75, 3.05) is 20.7 Å². The number of aromatic hydroxyl groups is 1. The van der Waals surface area contributed by atoms with Crippen molar-refractivity contribution >= 4 is 6.03 Å². The predicted molar refractivity (Wildman–Crippen MR) is 101 cm³/mol. The number of urea groups is 1. The van der Waals surface area contributed by atoms with Crippen LogP contribution in [-0.2, 0) is 12.0 Å². The molecular weight excluding hydrogens is 328 g/mol. The molecule has 1 saturated carbocycles. The number of benzene rings is 2. The number of hydrogen-bond donors (Lipinski definition) is 2. The summed E-state index contributed by atoms with van der Waals surface area (Å²) in [4.78, 5) is 14.1. The van der Waals surface area contributed by atoms with Crippen molar-refractivity contribution in [2.45, 2.75) is 31.2 Å². The molecule has 0 radical (unpaired) electrons. The zero-order valence-electron chi connectivity index (χ0n) is 15.4. The number of ether oxygens (including phenoxy) is 1. The SMILES string of the molecule is COc1ccc(CN(C)C(=O)NCC2(c3ccccc3)CCC2)cc1O. The normalized spacial score (nSPS) is 15.0. The first-order chi connectivity index (χ1) is 12.5. The number of amides is 2. The van der Waals surface area contributed by atoms with Crippen LogP contribution in [0.2, 0.25) is 0 Å². The molecule has 2 aromatic carbocycles. The van der Waals surface area contributed by atoms with Crippen LogP contribution in [0.3, 0.4) is 0 Å². The molecular formula is C21H26N2O3. The van der Waals surface area contributed by atoms with Gasteiger partial charge < -0.3 is 20.1 Å². The van der Waals surface area contributed by atoms with Gasteiger partial charge in [0.25, 0.3) is 0 Å². The van der Waals surface area contributed by atoms with E-state index in [1.165, 1.54) is 19.1 Å². The van der Waals surface area contributed by atoms with Crippen LogP contribution in [0.1, 0.15) is 30.4 Å². The molecule has 0 heterocycles. The number of carbonyl (C=O) groups excluding carboxylic acids is 1. The molecule has 0 aromatic heterocycles. The molecule has 3 rings (SSSR count). The Morgan fingerprint density at radius 3 is 2.54 bits per heavy atom. The Bertz CT molecular complexity index is 757. The molecule has 0 bridgehead atoms. The number of methoxy groups -OCH3 is 1. The molecule has 138 valence electrons. The number of rotatable bonds is 6. The third-order valence-corrected chi connectivity index (χ3v) is 5.28. The first kappa shape index (κ1) is 18.1. The summed E-state index contributed by atoms with van der Waals surface area (Å²) in [5.41, 5.74) is 2.22. The van der Waals surface area contributed by atoms with Crippen molar-refractivity contribution in [3.63, 3.8) is 0 Å². The largest absolute Gasteiger partial charge is 0.504 e. The highest BCUT2D eigenvalue weighted by molar-refractivity contribution is 5.74. The van der Waals surface area contributed by atoms with Crippen LogP contribution in [0.4, 0.5) is 4.79 Å². The van der Waals surface area contributed by atoms with Crippen LogP contribution in [0.15, 0.2) is 48.5 Å². The summed E-state index contributed by atoms with van der Waals surface area (Å²) >= 11 is 0. The second-order valence-electron chi connectivity index (χ2n) is 7.02. The maximum absolute atomic E-state index is 12.5. The van der Waals surface area contributed by atoms with E-state index in [-0.39, 0.29) is 17.2 Å². The number of nitrogens with zero attached hydrogens (tertiary/aromatic N) is 1. The van der Waals surface area contributed by atoms with Crippen LogP contribution >= 0.6 is 0 Å². The summed E-state index contributed by atoms with van der Waals surface area (Å²) in [6.45, 7) is 1.07. The standard InChI is InChI=1S/C21H26N2O3/c1-23(14-16-9-10-19(26-2)18(24)13-16)20(25)22-15-21(11-6-12-21)17-7-4-3-5-8-17/h3-5,7-10,13,24H,6,11-12,14-15H2,1-2H3,(H,22,25). The Labute approximate surface area is 154 Å². The Kier molecular flexibility index (Phi) is 5.35. The van der Waals surface area contributed by atoms with Crippen molar-refractivity contribution in [3.8, 4) is 11.5 Å². The van der Waals surface area contributed by atoms with E-state index in [0.29, 0.717) is 18.8 Å². The third kappa shape index (κ3) is 3.77. The van der Waals surface area contributed by atoms with Crippen LogP contribution < -0.4 is 10.1 Å². The van der Waals surface area contributed by atoms with Gasteiger partial charge in [-0.15, -0.1) is 0 Å². The molecule has 0 saturated heterocycles. The third-order valence-electron chi connectivity index (χ3n) is 5.28. The fourth-order valence-corrected chi connectivity index (χ4v) is 3.52. The molecule has 0 spiro atoms.